The van der Waals surface area contributed by atoms with Crippen LogP contribution in [0.5, 0.6) is 11.5 Å². The molecule has 1 aromatic rings. The highest BCUT2D eigenvalue weighted by molar-refractivity contribution is 9.10. The van der Waals surface area contributed by atoms with Crippen molar-refractivity contribution in [3.63, 3.8) is 0 Å². The fourth-order valence-corrected chi connectivity index (χ4v) is 3.03. The molecule has 1 atom stereocenters. The number of phenols is 1. The average molecular weight is 300 g/mol. The zero-order valence-electron chi connectivity index (χ0n) is 9.95. The molecule has 0 aliphatic heterocycles. The van der Waals surface area contributed by atoms with Crippen LogP contribution in [0.25, 0.3) is 0 Å². The van der Waals surface area contributed by atoms with Crippen LogP contribution >= 0.6 is 15.9 Å². The summed E-state index contributed by atoms with van der Waals surface area (Å²) in [5.74, 6) is 1.12. The summed E-state index contributed by atoms with van der Waals surface area (Å²) in [7, 11) is 1.55. The third-order valence-electron chi connectivity index (χ3n) is 3.56. The second kappa shape index (κ2) is 5.27. The largest absolute Gasteiger partial charge is 0.504 e. The molecule has 3 nitrogen and oxygen atoms in total. The van der Waals surface area contributed by atoms with Gasteiger partial charge in [0.15, 0.2) is 11.5 Å². The zero-order valence-corrected chi connectivity index (χ0v) is 11.5. The molecular weight excluding hydrogens is 282 g/mol. The van der Waals surface area contributed by atoms with Crippen LogP contribution in [0.1, 0.15) is 37.3 Å². The minimum Gasteiger partial charge on any atom is -0.504 e. The molecule has 1 aliphatic rings. The number of hydrogen-bond acceptors (Lipinski definition) is 3. The predicted octanol–water partition coefficient (Wildman–Crippen LogP) is 3.35. The molecule has 3 N–H and O–H groups in total. The van der Waals surface area contributed by atoms with E-state index in [1.54, 1.807) is 13.2 Å². The summed E-state index contributed by atoms with van der Waals surface area (Å²) in [5.41, 5.74) is 7.04. The van der Waals surface area contributed by atoms with Crippen LogP contribution in [-0.2, 0) is 0 Å². The van der Waals surface area contributed by atoms with E-state index in [0.717, 1.165) is 22.9 Å². The zero-order chi connectivity index (χ0) is 12.4. The van der Waals surface area contributed by atoms with E-state index in [9.17, 15) is 5.11 Å². The number of benzene rings is 1. The molecule has 0 aromatic heterocycles. The third kappa shape index (κ3) is 2.58. The Kier molecular flexibility index (Phi) is 3.94. The van der Waals surface area contributed by atoms with E-state index in [2.05, 4.69) is 15.9 Å². The average Bonchev–Trinajstić information content (AvgIpc) is 2.84. The lowest BCUT2D eigenvalue weighted by atomic mass is 9.92. The molecule has 0 radical (unpaired) electrons. The second-order valence-corrected chi connectivity index (χ2v) is 5.53. The highest BCUT2D eigenvalue weighted by atomic mass is 79.9. The van der Waals surface area contributed by atoms with Gasteiger partial charge in [-0.15, -0.1) is 0 Å². The number of rotatable bonds is 3. The molecule has 4 heteroatoms. The smallest absolute Gasteiger partial charge is 0.162 e. The molecule has 1 saturated carbocycles. The molecule has 0 saturated heterocycles. The van der Waals surface area contributed by atoms with Crippen LogP contribution in [0.15, 0.2) is 16.6 Å². The minimum absolute atomic E-state index is 0.108. The van der Waals surface area contributed by atoms with Gasteiger partial charge in [-0.2, -0.15) is 0 Å². The maximum atomic E-state index is 10.1. The minimum atomic E-state index is -0.108. The monoisotopic (exact) mass is 299 g/mol. The van der Waals surface area contributed by atoms with Crippen LogP contribution in [0.3, 0.4) is 0 Å². The first-order valence-electron chi connectivity index (χ1n) is 5.95. The van der Waals surface area contributed by atoms with Gasteiger partial charge in [0.1, 0.15) is 0 Å². The molecule has 94 valence electrons. The van der Waals surface area contributed by atoms with E-state index in [1.165, 1.54) is 12.8 Å². The van der Waals surface area contributed by atoms with Gasteiger partial charge in [-0.25, -0.2) is 0 Å². The van der Waals surface area contributed by atoms with Crippen molar-refractivity contribution >= 4 is 15.9 Å². The Bertz CT molecular complexity index is 403. The van der Waals surface area contributed by atoms with Crippen molar-refractivity contribution in [2.45, 2.75) is 31.7 Å². The van der Waals surface area contributed by atoms with Crippen molar-refractivity contribution in [2.24, 2.45) is 11.7 Å². The Morgan fingerprint density at radius 1 is 1.41 bits per heavy atom. The van der Waals surface area contributed by atoms with Crippen molar-refractivity contribution in [3.05, 3.63) is 22.2 Å². The Morgan fingerprint density at radius 2 is 2.06 bits per heavy atom. The number of methoxy groups -OCH3 is 1. The summed E-state index contributed by atoms with van der Waals surface area (Å²) in [6.45, 7) is 0. The van der Waals surface area contributed by atoms with E-state index < -0.39 is 0 Å². The van der Waals surface area contributed by atoms with Crippen LogP contribution < -0.4 is 10.5 Å². The summed E-state index contributed by atoms with van der Waals surface area (Å²) in [5, 5.41) is 10.1. The number of phenolic OH excluding ortho intramolecular Hbond substituents is 1. The van der Waals surface area contributed by atoms with Crippen molar-refractivity contribution in [1.82, 2.24) is 0 Å². The van der Waals surface area contributed by atoms with Gasteiger partial charge >= 0.3 is 0 Å². The Balaban J connectivity index is 2.33. The molecule has 1 fully saturated rings. The van der Waals surface area contributed by atoms with Gasteiger partial charge in [0, 0.05) is 16.1 Å². The highest BCUT2D eigenvalue weighted by Gasteiger charge is 2.26. The SMILES string of the molecule is COc1cc(Br)cc([C@H](N)C2CCCC2)c1O. The topological polar surface area (TPSA) is 55.5 Å². The first-order chi connectivity index (χ1) is 8.13. The third-order valence-corrected chi connectivity index (χ3v) is 4.01. The van der Waals surface area contributed by atoms with Gasteiger partial charge in [0.25, 0.3) is 0 Å². The lowest BCUT2D eigenvalue weighted by Gasteiger charge is -2.21. The summed E-state index contributed by atoms with van der Waals surface area (Å²) in [6.07, 6.45) is 4.78. The summed E-state index contributed by atoms with van der Waals surface area (Å²) in [4.78, 5) is 0. The van der Waals surface area contributed by atoms with E-state index in [0.29, 0.717) is 11.7 Å². The quantitative estimate of drug-likeness (QED) is 0.900. The van der Waals surface area contributed by atoms with Gasteiger partial charge in [-0.3, -0.25) is 0 Å². The first-order valence-corrected chi connectivity index (χ1v) is 6.74. The van der Waals surface area contributed by atoms with Crippen molar-refractivity contribution in [3.8, 4) is 11.5 Å². The van der Waals surface area contributed by atoms with Crippen LogP contribution in [0.2, 0.25) is 0 Å². The lowest BCUT2D eigenvalue weighted by Crippen LogP contribution is -2.19. The van der Waals surface area contributed by atoms with Gasteiger partial charge < -0.3 is 15.6 Å². The second-order valence-electron chi connectivity index (χ2n) is 4.62. The fourth-order valence-electron chi connectivity index (χ4n) is 2.57. The van der Waals surface area contributed by atoms with Crippen molar-refractivity contribution in [2.75, 3.05) is 7.11 Å². The predicted molar refractivity (Wildman–Crippen MR) is 71.2 cm³/mol. The molecule has 1 aliphatic carbocycles. The summed E-state index contributed by atoms with van der Waals surface area (Å²) >= 11 is 3.42. The number of aromatic hydroxyl groups is 1. The molecule has 17 heavy (non-hydrogen) atoms. The Morgan fingerprint density at radius 3 is 2.65 bits per heavy atom. The summed E-state index contributed by atoms with van der Waals surface area (Å²) in [6, 6.07) is 3.53. The lowest BCUT2D eigenvalue weighted by molar-refractivity contribution is 0.359. The van der Waals surface area contributed by atoms with E-state index in [1.807, 2.05) is 6.07 Å². The number of halogens is 1. The van der Waals surface area contributed by atoms with Crippen LogP contribution in [0, 0.1) is 5.92 Å². The first kappa shape index (κ1) is 12.7. The standard InChI is InChI=1S/C13H18BrNO2/c1-17-11-7-9(14)6-10(13(11)16)12(15)8-4-2-3-5-8/h6-8,12,16H,2-5,15H2,1H3/t12-/m1/s1. The molecule has 2 rings (SSSR count). The Hall–Kier alpha value is -0.740. The number of ether oxygens (including phenoxy) is 1. The van der Waals surface area contributed by atoms with Crippen LogP contribution in [0.4, 0.5) is 0 Å². The Labute approximate surface area is 110 Å². The van der Waals surface area contributed by atoms with Gasteiger partial charge in [0.05, 0.1) is 7.11 Å². The molecule has 0 bridgehead atoms. The van der Waals surface area contributed by atoms with E-state index >= 15 is 0 Å². The van der Waals surface area contributed by atoms with E-state index in [-0.39, 0.29) is 11.8 Å². The van der Waals surface area contributed by atoms with Crippen LogP contribution in [-0.4, -0.2) is 12.2 Å². The molecule has 0 unspecified atom stereocenters. The van der Waals surface area contributed by atoms with Crippen molar-refractivity contribution in [1.29, 1.82) is 0 Å². The van der Waals surface area contributed by atoms with Gasteiger partial charge in [-0.05, 0) is 30.9 Å². The molecule has 0 heterocycles. The fraction of sp³-hybridized carbons (Fsp3) is 0.538. The molecule has 0 amide bonds. The van der Waals surface area contributed by atoms with Gasteiger partial charge in [-0.1, -0.05) is 28.8 Å². The number of hydrogen-bond donors (Lipinski definition) is 2. The maximum Gasteiger partial charge on any atom is 0.162 e. The number of nitrogens with two attached hydrogens (primary N) is 1. The molecular formula is C13H18BrNO2. The summed E-state index contributed by atoms with van der Waals surface area (Å²) < 4.78 is 6.03. The molecule has 1 aromatic carbocycles. The van der Waals surface area contributed by atoms with Gasteiger partial charge in [0.2, 0.25) is 0 Å². The highest BCUT2D eigenvalue weighted by Crippen LogP contribution is 2.42. The van der Waals surface area contributed by atoms with E-state index in [4.69, 9.17) is 10.5 Å². The van der Waals surface area contributed by atoms with Crippen molar-refractivity contribution < 1.29 is 9.84 Å². The normalized spacial score (nSPS) is 18.3. The molecule has 0 spiro atoms. The maximum absolute atomic E-state index is 10.1.